The van der Waals surface area contributed by atoms with E-state index in [-0.39, 0.29) is 5.69 Å². The maximum atomic E-state index is 10.5. The molecular formula is C14H10N2O3. The quantitative estimate of drug-likeness (QED) is 0.673. The molecule has 0 aliphatic rings. The molecule has 0 aliphatic heterocycles. The van der Waals surface area contributed by atoms with Gasteiger partial charge in [-0.1, -0.05) is 12.1 Å². The third-order valence-electron chi connectivity index (χ3n) is 2.78. The van der Waals surface area contributed by atoms with Gasteiger partial charge in [-0.25, -0.2) is 0 Å². The van der Waals surface area contributed by atoms with Gasteiger partial charge < -0.3 is 5.11 Å². The molecular weight excluding hydrogens is 244 g/mol. The Kier molecular flexibility index (Phi) is 3.55. The van der Waals surface area contributed by atoms with Crippen LogP contribution < -0.4 is 0 Å². The highest BCUT2D eigenvalue weighted by molar-refractivity contribution is 5.39. The molecule has 0 aliphatic carbocycles. The SMILES string of the molecule is N#Cc1ccc(C(O)c2ccc([N+](=O)[O-])cc2)cc1. The molecule has 5 heteroatoms. The molecule has 2 rings (SSSR count). The minimum atomic E-state index is -0.867. The Morgan fingerprint density at radius 1 is 1.05 bits per heavy atom. The fourth-order valence-electron chi connectivity index (χ4n) is 1.71. The predicted molar refractivity (Wildman–Crippen MR) is 68.3 cm³/mol. The van der Waals surface area contributed by atoms with Crippen molar-refractivity contribution < 1.29 is 10.0 Å². The Balaban J connectivity index is 2.25. The van der Waals surface area contributed by atoms with Crippen molar-refractivity contribution in [1.29, 1.82) is 5.26 Å². The second-order valence-electron chi connectivity index (χ2n) is 3.98. The topological polar surface area (TPSA) is 87.2 Å². The summed E-state index contributed by atoms with van der Waals surface area (Å²) in [6.45, 7) is 0. The maximum Gasteiger partial charge on any atom is 0.269 e. The van der Waals surface area contributed by atoms with E-state index in [1.165, 1.54) is 24.3 Å². The van der Waals surface area contributed by atoms with Crippen molar-refractivity contribution >= 4 is 5.69 Å². The Labute approximate surface area is 109 Å². The van der Waals surface area contributed by atoms with Crippen LogP contribution in [0.1, 0.15) is 22.8 Å². The lowest BCUT2D eigenvalue weighted by Crippen LogP contribution is -1.99. The van der Waals surface area contributed by atoms with Gasteiger partial charge in [0.25, 0.3) is 5.69 Å². The van der Waals surface area contributed by atoms with E-state index < -0.39 is 11.0 Å². The van der Waals surface area contributed by atoms with Crippen LogP contribution in [0.25, 0.3) is 0 Å². The zero-order chi connectivity index (χ0) is 13.8. The number of hydrogen-bond acceptors (Lipinski definition) is 4. The van der Waals surface area contributed by atoms with E-state index in [2.05, 4.69) is 0 Å². The highest BCUT2D eigenvalue weighted by atomic mass is 16.6. The number of nitrogens with zero attached hydrogens (tertiary/aromatic N) is 2. The van der Waals surface area contributed by atoms with Gasteiger partial charge in [-0.05, 0) is 35.4 Å². The summed E-state index contributed by atoms with van der Waals surface area (Å²) in [5.74, 6) is 0. The molecule has 0 amide bonds. The summed E-state index contributed by atoms with van der Waals surface area (Å²) in [6, 6.07) is 14.3. The van der Waals surface area contributed by atoms with Gasteiger partial charge in [0.15, 0.2) is 0 Å². The van der Waals surface area contributed by atoms with Crippen molar-refractivity contribution in [3.8, 4) is 6.07 Å². The number of aliphatic hydroxyl groups excluding tert-OH is 1. The van der Waals surface area contributed by atoms with Gasteiger partial charge in [0.1, 0.15) is 6.10 Å². The second kappa shape index (κ2) is 5.29. The molecule has 0 saturated carbocycles. The molecule has 94 valence electrons. The number of non-ortho nitro benzene ring substituents is 1. The minimum Gasteiger partial charge on any atom is -0.384 e. The first-order valence-electron chi connectivity index (χ1n) is 5.54. The fraction of sp³-hybridized carbons (Fsp3) is 0.0714. The second-order valence-corrected chi connectivity index (χ2v) is 3.98. The molecule has 1 atom stereocenters. The van der Waals surface area contributed by atoms with Crippen molar-refractivity contribution in [1.82, 2.24) is 0 Å². The summed E-state index contributed by atoms with van der Waals surface area (Å²) in [7, 11) is 0. The van der Waals surface area contributed by atoms with Gasteiger partial charge in [-0.3, -0.25) is 10.1 Å². The Hall–Kier alpha value is -2.71. The number of nitro groups is 1. The van der Waals surface area contributed by atoms with Crippen LogP contribution >= 0.6 is 0 Å². The van der Waals surface area contributed by atoms with Crippen molar-refractivity contribution in [3.63, 3.8) is 0 Å². The van der Waals surface area contributed by atoms with Crippen LogP contribution in [-0.2, 0) is 0 Å². The van der Waals surface area contributed by atoms with E-state index >= 15 is 0 Å². The van der Waals surface area contributed by atoms with Crippen LogP contribution in [0.2, 0.25) is 0 Å². The third-order valence-corrected chi connectivity index (χ3v) is 2.78. The first kappa shape index (κ1) is 12.7. The molecule has 0 radical (unpaired) electrons. The van der Waals surface area contributed by atoms with E-state index in [9.17, 15) is 15.2 Å². The molecule has 0 fully saturated rings. The summed E-state index contributed by atoms with van der Waals surface area (Å²) in [5.41, 5.74) is 1.69. The average Bonchev–Trinajstić information content (AvgIpc) is 2.46. The molecule has 19 heavy (non-hydrogen) atoms. The van der Waals surface area contributed by atoms with E-state index in [1.807, 2.05) is 6.07 Å². The summed E-state index contributed by atoms with van der Waals surface area (Å²) in [6.07, 6.45) is -0.867. The standard InChI is InChI=1S/C14H10N2O3/c15-9-10-1-3-11(4-2-10)14(17)12-5-7-13(8-6-12)16(18)19/h1-8,14,17H. The monoisotopic (exact) mass is 254 g/mol. The first-order valence-corrected chi connectivity index (χ1v) is 5.54. The van der Waals surface area contributed by atoms with Crippen LogP contribution in [-0.4, -0.2) is 10.0 Å². The molecule has 0 aromatic heterocycles. The number of aliphatic hydroxyl groups is 1. The van der Waals surface area contributed by atoms with Crippen molar-refractivity contribution in [2.75, 3.05) is 0 Å². The zero-order valence-corrected chi connectivity index (χ0v) is 9.85. The number of hydrogen-bond donors (Lipinski definition) is 1. The zero-order valence-electron chi connectivity index (χ0n) is 9.85. The highest BCUT2D eigenvalue weighted by Crippen LogP contribution is 2.24. The van der Waals surface area contributed by atoms with Crippen LogP contribution in [0.15, 0.2) is 48.5 Å². The number of benzene rings is 2. The lowest BCUT2D eigenvalue weighted by atomic mass is 10.0. The largest absolute Gasteiger partial charge is 0.384 e. The van der Waals surface area contributed by atoms with Crippen LogP contribution in [0, 0.1) is 21.4 Å². The molecule has 2 aromatic carbocycles. The lowest BCUT2D eigenvalue weighted by Gasteiger charge is -2.11. The number of nitro benzene ring substituents is 1. The minimum absolute atomic E-state index is 0.0178. The van der Waals surface area contributed by atoms with Crippen molar-refractivity contribution in [3.05, 3.63) is 75.3 Å². The molecule has 2 aromatic rings. The van der Waals surface area contributed by atoms with Crippen molar-refractivity contribution in [2.24, 2.45) is 0 Å². The third kappa shape index (κ3) is 2.76. The number of rotatable bonds is 3. The Bertz CT molecular complexity index is 627. The lowest BCUT2D eigenvalue weighted by molar-refractivity contribution is -0.384. The average molecular weight is 254 g/mol. The van der Waals surface area contributed by atoms with E-state index in [0.717, 1.165) is 0 Å². The highest BCUT2D eigenvalue weighted by Gasteiger charge is 2.12. The van der Waals surface area contributed by atoms with Gasteiger partial charge >= 0.3 is 0 Å². The van der Waals surface area contributed by atoms with Gasteiger partial charge in [-0.15, -0.1) is 0 Å². The summed E-state index contributed by atoms with van der Waals surface area (Å²) in [5, 5.41) is 29.4. The van der Waals surface area contributed by atoms with Gasteiger partial charge in [0.2, 0.25) is 0 Å². The molecule has 0 bridgehead atoms. The molecule has 0 saturated heterocycles. The number of nitriles is 1. The fourth-order valence-corrected chi connectivity index (χ4v) is 1.71. The van der Waals surface area contributed by atoms with Gasteiger partial charge in [-0.2, -0.15) is 5.26 Å². The molecule has 1 unspecified atom stereocenters. The summed E-state index contributed by atoms with van der Waals surface area (Å²) >= 11 is 0. The molecule has 0 heterocycles. The summed E-state index contributed by atoms with van der Waals surface area (Å²) in [4.78, 5) is 10.0. The summed E-state index contributed by atoms with van der Waals surface area (Å²) < 4.78 is 0. The van der Waals surface area contributed by atoms with E-state index in [4.69, 9.17) is 5.26 Å². The van der Waals surface area contributed by atoms with Crippen LogP contribution in [0.5, 0.6) is 0 Å². The molecule has 1 N–H and O–H groups in total. The van der Waals surface area contributed by atoms with E-state index in [1.54, 1.807) is 24.3 Å². The Morgan fingerprint density at radius 3 is 1.95 bits per heavy atom. The smallest absolute Gasteiger partial charge is 0.269 e. The predicted octanol–water partition coefficient (Wildman–Crippen LogP) is 2.55. The first-order chi connectivity index (χ1) is 9.11. The normalized spacial score (nSPS) is 11.6. The van der Waals surface area contributed by atoms with Gasteiger partial charge in [0.05, 0.1) is 16.6 Å². The maximum absolute atomic E-state index is 10.5. The molecule has 0 spiro atoms. The van der Waals surface area contributed by atoms with E-state index in [0.29, 0.717) is 16.7 Å². The Morgan fingerprint density at radius 2 is 1.53 bits per heavy atom. The van der Waals surface area contributed by atoms with Crippen molar-refractivity contribution in [2.45, 2.75) is 6.10 Å². The van der Waals surface area contributed by atoms with Crippen LogP contribution in [0.4, 0.5) is 5.69 Å². The van der Waals surface area contributed by atoms with Gasteiger partial charge in [0, 0.05) is 12.1 Å². The van der Waals surface area contributed by atoms with Crippen LogP contribution in [0.3, 0.4) is 0 Å². The molecule has 5 nitrogen and oxygen atoms in total.